The number of rotatable bonds is 3. The second-order valence-corrected chi connectivity index (χ2v) is 6.91. The molecule has 0 saturated heterocycles. The highest BCUT2D eigenvalue weighted by Gasteiger charge is 2.17. The van der Waals surface area contributed by atoms with Gasteiger partial charge in [0.1, 0.15) is 0 Å². The molecule has 0 fully saturated rings. The molecule has 142 valence electrons. The Balaban J connectivity index is 1.58. The van der Waals surface area contributed by atoms with Crippen molar-refractivity contribution >= 4 is 22.5 Å². The SMILES string of the molecule is Cc1ccccc1-c1cc(C(=O)Nc2ccc3c(c2)OCO3)c2ccccc2n1. The Bertz CT molecular complexity index is 1250. The van der Waals surface area contributed by atoms with Crippen LogP contribution in [0, 0.1) is 6.92 Å². The van der Waals surface area contributed by atoms with Gasteiger partial charge in [0.2, 0.25) is 6.79 Å². The average molecular weight is 382 g/mol. The van der Waals surface area contributed by atoms with Crippen LogP contribution in [-0.2, 0) is 0 Å². The minimum Gasteiger partial charge on any atom is -0.454 e. The van der Waals surface area contributed by atoms with Crippen LogP contribution >= 0.6 is 0 Å². The zero-order valence-electron chi connectivity index (χ0n) is 15.8. The number of carbonyl (C=O) groups excluding carboxylic acids is 1. The summed E-state index contributed by atoms with van der Waals surface area (Å²) in [6.07, 6.45) is 0. The number of amides is 1. The number of fused-ring (bicyclic) bond motifs is 2. The van der Waals surface area contributed by atoms with E-state index in [1.54, 1.807) is 18.2 Å². The lowest BCUT2D eigenvalue weighted by Crippen LogP contribution is -2.13. The number of para-hydroxylation sites is 1. The molecule has 0 unspecified atom stereocenters. The number of ether oxygens (including phenoxy) is 2. The molecule has 1 N–H and O–H groups in total. The quantitative estimate of drug-likeness (QED) is 0.530. The molecule has 1 aromatic heterocycles. The van der Waals surface area contributed by atoms with Crippen LogP contribution < -0.4 is 14.8 Å². The number of carbonyl (C=O) groups is 1. The summed E-state index contributed by atoms with van der Waals surface area (Å²) in [5.74, 6) is 1.11. The van der Waals surface area contributed by atoms with E-state index in [0.29, 0.717) is 22.7 Å². The molecule has 0 saturated carbocycles. The molecule has 3 aromatic carbocycles. The zero-order valence-corrected chi connectivity index (χ0v) is 15.8. The van der Waals surface area contributed by atoms with Crippen LogP contribution in [0.4, 0.5) is 5.69 Å². The fourth-order valence-electron chi connectivity index (χ4n) is 3.53. The predicted octanol–water partition coefficient (Wildman–Crippen LogP) is 5.19. The number of benzene rings is 3. The summed E-state index contributed by atoms with van der Waals surface area (Å²) in [6, 6.07) is 22.9. The van der Waals surface area contributed by atoms with Crippen LogP contribution in [0.5, 0.6) is 11.5 Å². The normalized spacial score (nSPS) is 12.2. The van der Waals surface area contributed by atoms with Gasteiger partial charge < -0.3 is 14.8 Å². The van der Waals surface area contributed by atoms with Gasteiger partial charge >= 0.3 is 0 Å². The Morgan fingerprint density at radius 2 is 1.72 bits per heavy atom. The molecule has 0 spiro atoms. The monoisotopic (exact) mass is 382 g/mol. The minimum atomic E-state index is -0.197. The molecule has 1 aliphatic rings. The number of aromatic nitrogens is 1. The molecule has 0 aliphatic carbocycles. The third-order valence-electron chi connectivity index (χ3n) is 5.01. The van der Waals surface area contributed by atoms with Crippen molar-refractivity contribution in [2.45, 2.75) is 6.92 Å². The maximum Gasteiger partial charge on any atom is 0.256 e. The van der Waals surface area contributed by atoms with Crippen LogP contribution in [0.15, 0.2) is 72.8 Å². The Labute approximate surface area is 167 Å². The van der Waals surface area contributed by atoms with Crippen LogP contribution in [0.25, 0.3) is 22.2 Å². The van der Waals surface area contributed by atoms with Gasteiger partial charge in [0.25, 0.3) is 5.91 Å². The van der Waals surface area contributed by atoms with E-state index in [0.717, 1.165) is 27.7 Å². The van der Waals surface area contributed by atoms with Gasteiger partial charge in [0, 0.05) is 22.7 Å². The lowest BCUT2D eigenvalue weighted by Gasteiger charge is -2.12. The molecule has 5 heteroatoms. The van der Waals surface area contributed by atoms with E-state index in [1.807, 2.05) is 61.5 Å². The van der Waals surface area contributed by atoms with Gasteiger partial charge in [-0.05, 0) is 36.8 Å². The summed E-state index contributed by atoms with van der Waals surface area (Å²) in [6.45, 7) is 2.24. The molecule has 0 atom stereocenters. The third-order valence-corrected chi connectivity index (χ3v) is 5.01. The fraction of sp³-hybridized carbons (Fsp3) is 0.0833. The lowest BCUT2D eigenvalue weighted by atomic mass is 10.0. The standard InChI is InChI=1S/C24H18N2O3/c1-15-6-2-3-7-17(15)21-13-19(18-8-4-5-9-20(18)26-21)24(27)25-16-10-11-22-23(12-16)29-14-28-22/h2-13H,14H2,1H3,(H,25,27). The maximum absolute atomic E-state index is 13.2. The molecule has 4 aromatic rings. The number of nitrogens with zero attached hydrogens (tertiary/aromatic N) is 1. The Hall–Kier alpha value is -3.86. The van der Waals surface area contributed by atoms with Crippen molar-refractivity contribution in [1.82, 2.24) is 4.98 Å². The van der Waals surface area contributed by atoms with E-state index in [-0.39, 0.29) is 12.7 Å². The van der Waals surface area contributed by atoms with Gasteiger partial charge in [-0.15, -0.1) is 0 Å². The second-order valence-electron chi connectivity index (χ2n) is 6.91. The largest absolute Gasteiger partial charge is 0.454 e. The van der Waals surface area contributed by atoms with Crippen LogP contribution in [0.2, 0.25) is 0 Å². The molecule has 1 aliphatic heterocycles. The van der Waals surface area contributed by atoms with E-state index in [2.05, 4.69) is 5.32 Å². The highest BCUT2D eigenvalue weighted by atomic mass is 16.7. The molecule has 29 heavy (non-hydrogen) atoms. The lowest BCUT2D eigenvalue weighted by molar-refractivity contribution is 0.102. The third kappa shape index (κ3) is 3.17. The van der Waals surface area contributed by atoms with Crippen LogP contribution in [0.1, 0.15) is 15.9 Å². The molecule has 5 rings (SSSR count). The number of hydrogen-bond donors (Lipinski definition) is 1. The van der Waals surface area contributed by atoms with Crippen molar-refractivity contribution in [3.8, 4) is 22.8 Å². The molecule has 5 nitrogen and oxygen atoms in total. The first-order valence-corrected chi connectivity index (χ1v) is 9.36. The summed E-state index contributed by atoms with van der Waals surface area (Å²) >= 11 is 0. The highest BCUT2D eigenvalue weighted by molar-refractivity contribution is 6.13. The topological polar surface area (TPSA) is 60.5 Å². The molecule has 2 heterocycles. The first-order chi connectivity index (χ1) is 14.2. The first kappa shape index (κ1) is 17.3. The van der Waals surface area contributed by atoms with E-state index in [9.17, 15) is 4.79 Å². The summed E-state index contributed by atoms with van der Waals surface area (Å²) in [5, 5.41) is 3.78. The summed E-state index contributed by atoms with van der Waals surface area (Å²) in [5.41, 5.74) is 4.90. The average Bonchev–Trinajstić information content (AvgIpc) is 3.21. The number of aryl methyl sites for hydroxylation is 1. The maximum atomic E-state index is 13.2. The van der Waals surface area contributed by atoms with E-state index in [1.165, 1.54) is 0 Å². The summed E-state index contributed by atoms with van der Waals surface area (Å²) in [7, 11) is 0. The molecule has 1 amide bonds. The van der Waals surface area contributed by atoms with Gasteiger partial charge in [-0.25, -0.2) is 4.98 Å². The van der Waals surface area contributed by atoms with Crippen molar-refractivity contribution in [2.75, 3.05) is 12.1 Å². The molecular weight excluding hydrogens is 364 g/mol. The molecule has 0 bridgehead atoms. The second kappa shape index (κ2) is 6.95. The van der Waals surface area contributed by atoms with Crippen molar-refractivity contribution in [3.05, 3.63) is 83.9 Å². The Kier molecular flexibility index (Phi) is 4.13. The van der Waals surface area contributed by atoms with E-state index in [4.69, 9.17) is 14.5 Å². The van der Waals surface area contributed by atoms with Gasteiger partial charge in [-0.2, -0.15) is 0 Å². The first-order valence-electron chi connectivity index (χ1n) is 9.36. The summed E-state index contributed by atoms with van der Waals surface area (Å²) in [4.78, 5) is 18.0. The van der Waals surface area contributed by atoms with Crippen molar-refractivity contribution < 1.29 is 14.3 Å². The van der Waals surface area contributed by atoms with Gasteiger partial charge in [-0.1, -0.05) is 42.5 Å². The molecule has 0 radical (unpaired) electrons. The van der Waals surface area contributed by atoms with E-state index >= 15 is 0 Å². The molecular formula is C24H18N2O3. The smallest absolute Gasteiger partial charge is 0.256 e. The highest BCUT2D eigenvalue weighted by Crippen LogP contribution is 2.34. The fourth-order valence-corrected chi connectivity index (χ4v) is 3.53. The van der Waals surface area contributed by atoms with Crippen LogP contribution in [0.3, 0.4) is 0 Å². The predicted molar refractivity (Wildman–Crippen MR) is 112 cm³/mol. The number of hydrogen-bond acceptors (Lipinski definition) is 4. The number of nitrogens with one attached hydrogen (secondary N) is 1. The Morgan fingerprint density at radius 1 is 0.931 bits per heavy atom. The van der Waals surface area contributed by atoms with Gasteiger partial charge in [0.05, 0.1) is 16.8 Å². The number of pyridine rings is 1. The minimum absolute atomic E-state index is 0.196. The zero-order chi connectivity index (χ0) is 19.8. The van der Waals surface area contributed by atoms with Gasteiger partial charge in [0.15, 0.2) is 11.5 Å². The van der Waals surface area contributed by atoms with Gasteiger partial charge in [-0.3, -0.25) is 4.79 Å². The van der Waals surface area contributed by atoms with Crippen molar-refractivity contribution in [1.29, 1.82) is 0 Å². The Morgan fingerprint density at radius 3 is 2.62 bits per heavy atom. The summed E-state index contributed by atoms with van der Waals surface area (Å²) < 4.78 is 10.7. The van der Waals surface area contributed by atoms with Crippen molar-refractivity contribution in [3.63, 3.8) is 0 Å². The van der Waals surface area contributed by atoms with Crippen molar-refractivity contribution in [2.24, 2.45) is 0 Å². The van der Waals surface area contributed by atoms with Crippen LogP contribution in [-0.4, -0.2) is 17.7 Å². The van der Waals surface area contributed by atoms with E-state index < -0.39 is 0 Å². The number of anilines is 1.